The summed E-state index contributed by atoms with van der Waals surface area (Å²) in [6.07, 6.45) is 4.45. The van der Waals surface area contributed by atoms with Gasteiger partial charge in [-0.2, -0.15) is 0 Å². The van der Waals surface area contributed by atoms with Crippen LogP contribution >= 0.6 is 0 Å². The van der Waals surface area contributed by atoms with Crippen LogP contribution in [0.4, 0.5) is 0 Å². The van der Waals surface area contributed by atoms with E-state index in [1.54, 1.807) is 6.07 Å². The Morgan fingerprint density at radius 1 is 1.39 bits per heavy atom. The summed E-state index contributed by atoms with van der Waals surface area (Å²) in [5.74, 6) is -0.480. The lowest BCUT2D eigenvalue weighted by Crippen LogP contribution is -2.34. The minimum atomic E-state index is -1.05. The molecule has 0 aromatic carbocycles. The first kappa shape index (κ1) is 13.1. The van der Waals surface area contributed by atoms with Gasteiger partial charge in [0.2, 0.25) is 5.76 Å². The second-order valence-electron chi connectivity index (χ2n) is 5.04. The predicted octanol–water partition coefficient (Wildman–Crippen LogP) is 1.62. The van der Waals surface area contributed by atoms with Crippen molar-refractivity contribution in [2.75, 3.05) is 13.2 Å². The van der Waals surface area contributed by atoms with Crippen LogP contribution in [0.5, 0.6) is 0 Å². The average molecular weight is 253 g/mol. The smallest absolute Gasteiger partial charge is 0.371 e. The number of hydrogen-bond donors (Lipinski definition) is 3. The number of aliphatic hydroxyl groups excluding tert-OH is 1. The van der Waals surface area contributed by atoms with E-state index in [4.69, 9.17) is 9.52 Å². The van der Waals surface area contributed by atoms with Crippen LogP contribution < -0.4 is 5.32 Å². The van der Waals surface area contributed by atoms with Crippen LogP contribution in [-0.2, 0) is 6.54 Å². The zero-order valence-electron chi connectivity index (χ0n) is 10.3. The Labute approximate surface area is 106 Å². The Balaban J connectivity index is 1.82. The number of hydrogen-bond acceptors (Lipinski definition) is 4. The zero-order valence-corrected chi connectivity index (χ0v) is 10.3. The highest BCUT2D eigenvalue weighted by Crippen LogP contribution is 2.36. The van der Waals surface area contributed by atoms with E-state index < -0.39 is 5.97 Å². The molecular weight excluding hydrogens is 234 g/mol. The lowest BCUT2D eigenvalue weighted by molar-refractivity contribution is 0.0660. The van der Waals surface area contributed by atoms with Crippen molar-refractivity contribution in [3.8, 4) is 0 Å². The van der Waals surface area contributed by atoms with E-state index in [1.165, 1.54) is 18.9 Å². The van der Waals surface area contributed by atoms with Gasteiger partial charge in [0.25, 0.3) is 0 Å². The molecule has 5 heteroatoms. The van der Waals surface area contributed by atoms with Crippen molar-refractivity contribution in [1.82, 2.24) is 5.32 Å². The Morgan fingerprint density at radius 3 is 2.67 bits per heavy atom. The second-order valence-corrected chi connectivity index (χ2v) is 5.04. The summed E-state index contributed by atoms with van der Waals surface area (Å²) in [6.45, 7) is 1.44. The van der Waals surface area contributed by atoms with Crippen molar-refractivity contribution < 1.29 is 19.4 Å². The maximum atomic E-state index is 10.6. The highest BCUT2D eigenvalue weighted by molar-refractivity contribution is 5.84. The monoisotopic (exact) mass is 253 g/mol. The number of furan rings is 1. The quantitative estimate of drug-likeness (QED) is 0.717. The van der Waals surface area contributed by atoms with E-state index in [2.05, 4.69) is 5.32 Å². The molecule has 1 aliphatic carbocycles. The number of nitrogens with one attached hydrogen (secondary N) is 1. The predicted molar refractivity (Wildman–Crippen MR) is 65.4 cm³/mol. The molecule has 0 amide bonds. The van der Waals surface area contributed by atoms with Crippen LogP contribution in [0.3, 0.4) is 0 Å². The lowest BCUT2D eigenvalue weighted by Gasteiger charge is -2.26. The molecule has 0 unspecified atom stereocenters. The summed E-state index contributed by atoms with van der Waals surface area (Å²) in [5, 5.41) is 21.4. The number of aliphatic hydroxyl groups is 1. The van der Waals surface area contributed by atoms with Crippen LogP contribution in [0.1, 0.15) is 42.0 Å². The Kier molecular flexibility index (Phi) is 4.04. The summed E-state index contributed by atoms with van der Waals surface area (Å²) >= 11 is 0. The van der Waals surface area contributed by atoms with Gasteiger partial charge in [0.15, 0.2) is 0 Å². The molecule has 1 saturated carbocycles. The van der Waals surface area contributed by atoms with Crippen molar-refractivity contribution in [3.63, 3.8) is 0 Å². The van der Waals surface area contributed by atoms with Crippen LogP contribution in [0.15, 0.2) is 16.5 Å². The molecule has 1 aromatic heterocycles. The van der Waals surface area contributed by atoms with Gasteiger partial charge in [0.05, 0.1) is 6.54 Å². The first-order valence-corrected chi connectivity index (χ1v) is 6.29. The maximum Gasteiger partial charge on any atom is 0.371 e. The molecule has 0 atom stereocenters. The molecule has 18 heavy (non-hydrogen) atoms. The first-order chi connectivity index (χ1) is 8.65. The third kappa shape index (κ3) is 2.91. The molecule has 0 radical (unpaired) electrons. The van der Waals surface area contributed by atoms with Crippen LogP contribution in [-0.4, -0.2) is 29.3 Å². The highest BCUT2D eigenvalue weighted by Gasteiger charge is 2.32. The first-order valence-electron chi connectivity index (χ1n) is 6.29. The fourth-order valence-corrected chi connectivity index (χ4v) is 2.55. The van der Waals surface area contributed by atoms with Crippen LogP contribution in [0, 0.1) is 5.41 Å². The fourth-order valence-electron chi connectivity index (χ4n) is 2.55. The van der Waals surface area contributed by atoms with Crippen molar-refractivity contribution in [1.29, 1.82) is 0 Å². The second kappa shape index (κ2) is 5.54. The molecule has 0 bridgehead atoms. The molecule has 1 fully saturated rings. The molecule has 0 aliphatic heterocycles. The summed E-state index contributed by atoms with van der Waals surface area (Å²) in [6, 6.07) is 3.12. The number of carboxylic acid groups (broad SMARTS) is 1. The largest absolute Gasteiger partial charge is 0.475 e. The Morgan fingerprint density at radius 2 is 2.11 bits per heavy atom. The van der Waals surface area contributed by atoms with E-state index >= 15 is 0 Å². The van der Waals surface area contributed by atoms with Crippen molar-refractivity contribution in [2.45, 2.75) is 32.2 Å². The number of carboxylic acids is 1. The zero-order chi connectivity index (χ0) is 13.0. The lowest BCUT2D eigenvalue weighted by atomic mass is 9.87. The third-order valence-electron chi connectivity index (χ3n) is 3.67. The SMILES string of the molecule is O=C(O)c1ccc(CNCC2(CO)CCCC2)o1. The molecule has 1 heterocycles. The van der Waals surface area contributed by atoms with E-state index in [9.17, 15) is 9.90 Å². The van der Waals surface area contributed by atoms with Gasteiger partial charge >= 0.3 is 5.97 Å². The standard InChI is InChI=1S/C13H19NO4/c15-9-13(5-1-2-6-13)8-14-7-10-3-4-11(18-10)12(16)17/h3-4,14-15H,1-2,5-9H2,(H,16,17). The fraction of sp³-hybridized carbons (Fsp3) is 0.615. The van der Waals surface area contributed by atoms with Gasteiger partial charge in [-0.15, -0.1) is 0 Å². The van der Waals surface area contributed by atoms with E-state index in [0.29, 0.717) is 12.3 Å². The number of carbonyl (C=O) groups is 1. The molecule has 1 aromatic rings. The summed E-state index contributed by atoms with van der Waals surface area (Å²) in [7, 11) is 0. The number of aromatic carboxylic acids is 1. The number of rotatable bonds is 6. The minimum Gasteiger partial charge on any atom is -0.475 e. The molecule has 2 rings (SSSR count). The van der Waals surface area contributed by atoms with Crippen LogP contribution in [0.25, 0.3) is 0 Å². The Hall–Kier alpha value is -1.33. The minimum absolute atomic E-state index is 0.00220. The summed E-state index contributed by atoms with van der Waals surface area (Å²) in [4.78, 5) is 10.6. The molecule has 1 aliphatic rings. The van der Waals surface area contributed by atoms with Gasteiger partial charge < -0.3 is 19.9 Å². The summed E-state index contributed by atoms with van der Waals surface area (Å²) in [5.41, 5.74) is 0.00220. The molecule has 5 nitrogen and oxygen atoms in total. The van der Waals surface area contributed by atoms with Crippen LogP contribution in [0.2, 0.25) is 0 Å². The van der Waals surface area contributed by atoms with Gasteiger partial charge in [-0.1, -0.05) is 12.8 Å². The van der Waals surface area contributed by atoms with Crippen molar-refractivity contribution in [2.24, 2.45) is 5.41 Å². The van der Waals surface area contributed by atoms with Crippen molar-refractivity contribution in [3.05, 3.63) is 23.7 Å². The Bertz CT molecular complexity index is 407. The molecule has 0 saturated heterocycles. The van der Waals surface area contributed by atoms with Gasteiger partial charge in [-0.25, -0.2) is 4.79 Å². The average Bonchev–Trinajstić information content (AvgIpc) is 2.98. The summed E-state index contributed by atoms with van der Waals surface area (Å²) < 4.78 is 5.15. The van der Waals surface area contributed by atoms with Gasteiger partial charge in [0, 0.05) is 18.6 Å². The van der Waals surface area contributed by atoms with Gasteiger partial charge in [-0.3, -0.25) is 0 Å². The van der Waals surface area contributed by atoms with E-state index in [0.717, 1.165) is 19.4 Å². The highest BCUT2D eigenvalue weighted by atomic mass is 16.4. The van der Waals surface area contributed by atoms with Gasteiger partial charge in [0.1, 0.15) is 5.76 Å². The van der Waals surface area contributed by atoms with Crippen molar-refractivity contribution >= 4 is 5.97 Å². The maximum absolute atomic E-state index is 10.6. The normalized spacial score (nSPS) is 18.1. The molecule has 100 valence electrons. The molecular formula is C13H19NO4. The topological polar surface area (TPSA) is 82.7 Å². The van der Waals surface area contributed by atoms with E-state index in [1.807, 2.05) is 0 Å². The van der Waals surface area contributed by atoms with Gasteiger partial charge in [-0.05, 0) is 25.0 Å². The molecule has 0 spiro atoms. The molecule has 3 N–H and O–H groups in total. The van der Waals surface area contributed by atoms with E-state index in [-0.39, 0.29) is 17.8 Å². The third-order valence-corrected chi connectivity index (χ3v) is 3.67.